The number of amides is 1. The highest BCUT2D eigenvalue weighted by Gasteiger charge is 2.73. The monoisotopic (exact) mass is 733 g/mol. The fourth-order valence-electron chi connectivity index (χ4n) is 6.86. The van der Waals surface area contributed by atoms with Gasteiger partial charge in [-0.3, -0.25) is 20.0 Å². The Morgan fingerprint density at radius 3 is 2.35 bits per heavy atom. The number of halogens is 6. The summed E-state index contributed by atoms with van der Waals surface area (Å²) < 4.78 is 98.3. The molecule has 1 N–H and O–H groups in total. The lowest BCUT2D eigenvalue weighted by atomic mass is 9.89. The van der Waals surface area contributed by atoms with Gasteiger partial charge < -0.3 is 19.3 Å². The second kappa shape index (κ2) is 15.5. The van der Waals surface area contributed by atoms with Crippen LogP contribution >= 0.6 is 0 Å². The Hall–Kier alpha value is -4.14. The van der Waals surface area contributed by atoms with Crippen molar-refractivity contribution in [1.82, 2.24) is 20.1 Å². The number of hydrogen-bond acceptors (Lipinski definition) is 7. The molecule has 0 spiro atoms. The summed E-state index contributed by atoms with van der Waals surface area (Å²) in [5, 5.41) is 3.46. The standard InChI is InChI=1S/C38H45F6N5O3/c1-6-10-29-19-30(36(37(39,40)41,38(42,43)44)51-23-28-11-8-7-9-12-28)13-15-32(29)49-18-17-48(21-27(49)4)34(50)22-47-24-35(5,46-25-47)33-16-14-31(20-45-33)52-26(2)3/h6-16,19-20,26-27,46H,17-18,21-25H2,1-5H3/t27-,35?/m0/s1. The average molecular weight is 734 g/mol. The molecule has 0 radical (unpaired) electrons. The number of allylic oxidation sites excluding steroid dienone is 1. The number of piperazine rings is 1. The number of hydrogen-bond donors (Lipinski definition) is 1. The summed E-state index contributed by atoms with van der Waals surface area (Å²) in [4.78, 5) is 23.7. The molecule has 0 bridgehead atoms. The number of alkyl halides is 6. The average Bonchev–Trinajstić information content (AvgIpc) is 3.45. The van der Waals surface area contributed by atoms with E-state index in [-0.39, 0.29) is 35.7 Å². The first kappa shape index (κ1) is 39.1. The Balaban J connectivity index is 1.29. The van der Waals surface area contributed by atoms with Crippen molar-refractivity contribution in [3.8, 4) is 5.75 Å². The van der Waals surface area contributed by atoms with Crippen LogP contribution in [0.2, 0.25) is 0 Å². The topological polar surface area (TPSA) is 70.2 Å². The van der Waals surface area contributed by atoms with E-state index >= 15 is 0 Å². The molecule has 5 rings (SSSR count). The third-order valence-corrected chi connectivity index (χ3v) is 9.43. The van der Waals surface area contributed by atoms with Crippen LogP contribution in [0.1, 0.15) is 57.0 Å². The lowest BCUT2D eigenvalue weighted by Crippen LogP contribution is -2.56. The summed E-state index contributed by atoms with van der Waals surface area (Å²) in [5.74, 6) is 0.601. The number of nitrogens with zero attached hydrogens (tertiary/aromatic N) is 4. The van der Waals surface area contributed by atoms with Gasteiger partial charge in [-0.1, -0.05) is 48.6 Å². The Kier molecular flexibility index (Phi) is 11.6. The SMILES string of the molecule is CC=Cc1cc(C(OCc2ccccc2)(C(F)(F)F)C(F)(F)F)ccc1N1CCN(C(=O)CN2CNC(C)(c3ccc(OC(C)C)cn3)C2)C[C@@H]1C. The minimum absolute atomic E-state index is 0.0296. The van der Waals surface area contributed by atoms with Gasteiger partial charge >= 0.3 is 12.4 Å². The van der Waals surface area contributed by atoms with E-state index in [1.807, 2.05) is 49.6 Å². The van der Waals surface area contributed by atoms with Crippen molar-refractivity contribution in [2.45, 2.75) is 76.9 Å². The molecule has 2 atom stereocenters. The summed E-state index contributed by atoms with van der Waals surface area (Å²) in [6.07, 6.45) is -6.88. The van der Waals surface area contributed by atoms with Crippen molar-refractivity contribution in [3.63, 3.8) is 0 Å². The first-order valence-corrected chi connectivity index (χ1v) is 17.2. The highest BCUT2D eigenvalue weighted by atomic mass is 19.4. The summed E-state index contributed by atoms with van der Waals surface area (Å²) in [6.45, 7) is 10.7. The molecular formula is C38H45F6N5O3. The smallest absolute Gasteiger partial charge is 0.430 e. The zero-order chi connectivity index (χ0) is 37.9. The Labute approximate surface area is 300 Å². The van der Waals surface area contributed by atoms with Gasteiger partial charge in [0.1, 0.15) is 5.75 Å². The molecule has 1 amide bonds. The molecule has 14 heteroatoms. The number of anilines is 1. The van der Waals surface area contributed by atoms with Gasteiger partial charge in [0.15, 0.2) is 0 Å². The predicted octanol–water partition coefficient (Wildman–Crippen LogP) is 7.25. The Morgan fingerprint density at radius 2 is 1.75 bits per heavy atom. The molecule has 1 unspecified atom stereocenters. The van der Waals surface area contributed by atoms with Gasteiger partial charge in [0.05, 0.1) is 36.7 Å². The van der Waals surface area contributed by atoms with Crippen LogP contribution in [0.3, 0.4) is 0 Å². The van der Waals surface area contributed by atoms with Gasteiger partial charge in [-0.25, -0.2) is 0 Å². The molecule has 2 aliphatic rings. The number of aromatic nitrogens is 1. The molecule has 8 nitrogen and oxygen atoms in total. The summed E-state index contributed by atoms with van der Waals surface area (Å²) in [6, 6.07) is 14.0. The van der Waals surface area contributed by atoms with Gasteiger partial charge in [0.2, 0.25) is 5.91 Å². The molecule has 2 aliphatic heterocycles. The van der Waals surface area contributed by atoms with E-state index < -0.39 is 35.7 Å². The first-order valence-electron chi connectivity index (χ1n) is 17.2. The fourth-order valence-corrected chi connectivity index (χ4v) is 6.86. The van der Waals surface area contributed by atoms with Crippen molar-refractivity contribution in [2.24, 2.45) is 0 Å². The van der Waals surface area contributed by atoms with Crippen molar-refractivity contribution >= 4 is 17.7 Å². The number of benzene rings is 2. The van der Waals surface area contributed by atoms with E-state index in [1.54, 1.807) is 30.2 Å². The number of carbonyl (C=O) groups is 1. The van der Waals surface area contributed by atoms with E-state index in [4.69, 9.17) is 9.47 Å². The fraction of sp³-hybridized carbons (Fsp3) is 0.474. The van der Waals surface area contributed by atoms with Crippen LogP contribution in [0.4, 0.5) is 32.0 Å². The number of rotatable bonds is 11. The molecule has 1 aromatic heterocycles. The van der Waals surface area contributed by atoms with E-state index in [9.17, 15) is 31.1 Å². The minimum atomic E-state index is -5.82. The van der Waals surface area contributed by atoms with Crippen molar-refractivity contribution < 1.29 is 40.6 Å². The maximum absolute atomic E-state index is 14.6. The molecule has 2 saturated heterocycles. The zero-order valence-electron chi connectivity index (χ0n) is 29.9. The molecule has 2 aromatic carbocycles. The number of nitrogens with one attached hydrogen (secondary N) is 1. The molecule has 2 fully saturated rings. The molecular weight excluding hydrogens is 688 g/mol. The van der Waals surface area contributed by atoms with E-state index in [0.717, 1.165) is 17.8 Å². The Morgan fingerprint density at radius 1 is 1.04 bits per heavy atom. The van der Waals surface area contributed by atoms with Crippen LogP contribution in [0.5, 0.6) is 5.75 Å². The van der Waals surface area contributed by atoms with Crippen molar-refractivity contribution in [3.05, 3.63) is 95.3 Å². The normalized spacial score (nSPS) is 20.7. The predicted molar refractivity (Wildman–Crippen MR) is 186 cm³/mol. The summed E-state index contributed by atoms with van der Waals surface area (Å²) in [5.41, 5.74) is -4.48. The molecule has 3 aromatic rings. The maximum atomic E-state index is 14.6. The highest BCUT2D eigenvalue weighted by Crippen LogP contribution is 2.54. The van der Waals surface area contributed by atoms with Crippen LogP contribution in [0, 0.1) is 0 Å². The van der Waals surface area contributed by atoms with Gasteiger partial charge in [0.25, 0.3) is 5.60 Å². The third-order valence-electron chi connectivity index (χ3n) is 9.43. The van der Waals surface area contributed by atoms with Crippen molar-refractivity contribution in [2.75, 3.05) is 44.3 Å². The second-order valence-electron chi connectivity index (χ2n) is 13.8. The van der Waals surface area contributed by atoms with Gasteiger partial charge in [-0.15, -0.1) is 0 Å². The first-order chi connectivity index (χ1) is 24.5. The molecule has 0 saturated carbocycles. The third kappa shape index (κ3) is 8.24. The van der Waals surface area contributed by atoms with Crippen molar-refractivity contribution in [1.29, 1.82) is 0 Å². The van der Waals surface area contributed by atoms with Crippen LogP contribution in [0.15, 0.2) is 72.9 Å². The van der Waals surface area contributed by atoms with Gasteiger partial charge in [-0.05, 0) is 70.0 Å². The van der Waals surface area contributed by atoms with Crippen LogP contribution < -0.4 is 15.0 Å². The molecule has 52 heavy (non-hydrogen) atoms. The largest absolute Gasteiger partial charge is 0.489 e. The zero-order valence-corrected chi connectivity index (χ0v) is 29.9. The summed E-state index contributed by atoms with van der Waals surface area (Å²) in [7, 11) is 0. The number of ether oxygens (including phenoxy) is 2. The van der Waals surface area contributed by atoms with Crippen LogP contribution in [-0.4, -0.2) is 84.6 Å². The molecule has 0 aliphatic carbocycles. The van der Waals surface area contributed by atoms with E-state index in [2.05, 4.69) is 10.3 Å². The lowest BCUT2D eigenvalue weighted by molar-refractivity contribution is -0.392. The molecule has 282 valence electrons. The number of carbonyl (C=O) groups excluding carboxylic acids is 1. The van der Waals surface area contributed by atoms with Crippen LogP contribution in [-0.2, 0) is 27.3 Å². The lowest BCUT2D eigenvalue weighted by Gasteiger charge is -2.43. The quantitative estimate of drug-likeness (QED) is 0.208. The van der Waals surface area contributed by atoms with E-state index in [1.165, 1.54) is 36.4 Å². The maximum Gasteiger partial charge on any atom is 0.430 e. The molecule has 3 heterocycles. The number of pyridine rings is 1. The Bertz CT molecular complexity index is 1690. The minimum Gasteiger partial charge on any atom is -0.489 e. The second-order valence-corrected chi connectivity index (χ2v) is 13.8. The van der Waals surface area contributed by atoms with Gasteiger partial charge in [-0.2, -0.15) is 26.3 Å². The highest BCUT2D eigenvalue weighted by molar-refractivity contribution is 5.79. The summed E-state index contributed by atoms with van der Waals surface area (Å²) >= 11 is 0. The van der Waals surface area contributed by atoms with E-state index in [0.29, 0.717) is 44.3 Å². The van der Waals surface area contributed by atoms with Gasteiger partial charge in [0, 0.05) is 50.1 Å². The van der Waals surface area contributed by atoms with Crippen LogP contribution in [0.25, 0.3) is 6.08 Å².